The second-order valence-electron chi connectivity index (χ2n) is 5.51. The number of amides is 3. The Morgan fingerprint density at radius 3 is 2.59 bits per heavy atom. The van der Waals surface area contributed by atoms with Gasteiger partial charge in [0, 0.05) is 29.7 Å². The van der Waals surface area contributed by atoms with Crippen molar-refractivity contribution >= 4 is 29.3 Å². The number of nitrogens with two attached hydrogens (primary N) is 1. The van der Waals surface area contributed by atoms with E-state index in [-0.39, 0.29) is 34.1 Å². The molecule has 0 aromatic carbocycles. The average Bonchev–Trinajstić information content (AvgIpc) is 3.11. The highest BCUT2D eigenvalue weighted by Gasteiger charge is 2.22. The molecule has 3 aromatic rings. The van der Waals surface area contributed by atoms with E-state index in [2.05, 4.69) is 25.7 Å². The summed E-state index contributed by atoms with van der Waals surface area (Å²) in [5.74, 6) is -1.95. The number of carboxylic acid groups (broad SMARTS) is 1. The van der Waals surface area contributed by atoms with Gasteiger partial charge in [-0.1, -0.05) is 0 Å². The quantitative estimate of drug-likeness (QED) is 0.494. The van der Waals surface area contributed by atoms with Crippen LogP contribution in [-0.2, 0) is 0 Å². The Hall–Kier alpha value is -4.79. The van der Waals surface area contributed by atoms with Gasteiger partial charge in [0.1, 0.15) is 11.8 Å². The monoisotopic (exact) mass is 392 g/mol. The standard InChI is InChI=1S/C17H12N8O4/c18-7-11-5-9(1-3-20-11)15(26)24-12-8-22-25(14(12)16(27)28)13-6-10(2-4-21-13)23-17(19)29/h1-6,8H,(H,24,26)(H,27,28)(H3,19,21,23,29). The van der Waals surface area contributed by atoms with E-state index in [9.17, 15) is 19.5 Å². The van der Waals surface area contributed by atoms with Crippen LogP contribution in [0, 0.1) is 11.3 Å². The number of aromatic nitrogens is 4. The lowest BCUT2D eigenvalue weighted by molar-refractivity contribution is 0.0688. The summed E-state index contributed by atoms with van der Waals surface area (Å²) in [5.41, 5.74) is 5.05. The van der Waals surface area contributed by atoms with E-state index < -0.39 is 17.9 Å². The third kappa shape index (κ3) is 4.14. The summed E-state index contributed by atoms with van der Waals surface area (Å²) in [4.78, 5) is 43.0. The molecule has 0 saturated heterocycles. The summed E-state index contributed by atoms with van der Waals surface area (Å²) < 4.78 is 0.984. The minimum absolute atomic E-state index is 0.0368. The molecule has 0 aliphatic rings. The van der Waals surface area contributed by atoms with Crippen LogP contribution in [0.4, 0.5) is 16.2 Å². The molecular weight excluding hydrogens is 380 g/mol. The normalized spacial score (nSPS) is 10.0. The van der Waals surface area contributed by atoms with Crippen molar-refractivity contribution < 1.29 is 19.5 Å². The van der Waals surface area contributed by atoms with Gasteiger partial charge in [-0.25, -0.2) is 24.2 Å². The van der Waals surface area contributed by atoms with Crippen LogP contribution in [0.5, 0.6) is 0 Å². The molecule has 12 heteroatoms. The molecule has 3 amide bonds. The van der Waals surface area contributed by atoms with Crippen LogP contribution in [0.2, 0.25) is 0 Å². The Balaban J connectivity index is 1.95. The van der Waals surface area contributed by atoms with Crippen molar-refractivity contribution in [2.45, 2.75) is 0 Å². The first kappa shape index (κ1) is 19.0. The number of carboxylic acids is 1. The number of aromatic carboxylic acids is 1. The maximum atomic E-state index is 12.4. The first-order chi connectivity index (χ1) is 13.9. The van der Waals surface area contributed by atoms with Crippen molar-refractivity contribution in [2.75, 3.05) is 10.6 Å². The Kier molecular flexibility index (Phi) is 5.13. The number of pyridine rings is 2. The Morgan fingerprint density at radius 1 is 1.14 bits per heavy atom. The number of primary amides is 1. The molecule has 0 fully saturated rings. The second-order valence-corrected chi connectivity index (χ2v) is 5.51. The summed E-state index contributed by atoms with van der Waals surface area (Å²) in [5, 5.41) is 27.2. The van der Waals surface area contributed by atoms with Gasteiger partial charge in [-0.15, -0.1) is 0 Å². The minimum Gasteiger partial charge on any atom is -0.476 e. The fraction of sp³-hybridized carbons (Fsp3) is 0. The number of hydrogen-bond donors (Lipinski definition) is 4. The molecule has 3 aromatic heterocycles. The van der Waals surface area contributed by atoms with Crippen LogP contribution in [0.15, 0.2) is 42.9 Å². The molecule has 0 spiro atoms. The number of rotatable bonds is 5. The Morgan fingerprint density at radius 2 is 1.90 bits per heavy atom. The van der Waals surface area contributed by atoms with E-state index >= 15 is 0 Å². The smallest absolute Gasteiger partial charge is 0.356 e. The zero-order chi connectivity index (χ0) is 21.0. The highest BCUT2D eigenvalue weighted by Crippen LogP contribution is 2.21. The molecule has 0 saturated carbocycles. The lowest BCUT2D eigenvalue weighted by Gasteiger charge is -2.08. The number of hydrogen-bond acceptors (Lipinski definition) is 7. The van der Waals surface area contributed by atoms with Crippen molar-refractivity contribution in [1.82, 2.24) is 19.7 Å². The van der Waals surface area contributed by atoms with E-state index in [1.807, 2.05) is 6.07 Å². The molecule has 0 aliphatic carbocycles. The number of carbonyl (C=O) groups is 3. The first-order valence-electron chi connectivity index (χ1n) is 7.90. The van der Waals surface area contributed by atoms with E-state index in [1.54, 1.807) is 0 Å². The molecule has 0 radical (unpaired) electrons. The maximum Gasteiger partial charge on any atom is 0.356 e. The molecule has 12 nitrogen and oxygen atoms in total. The third-order valence-corrected chi connectivity index (χ3v) is 3.59. The van der Waals surface area contributed by atoms with E-state index in [4.69, 9.17) is 11.0 Å². The number of nitrogens with zero attached hydrogens (tertiary/aromatic N) is 5. The number of carbonyl (C=O) groups excluding carboxylic acids is 2. The van der Waals surface area contributed by atoms with Crippen LogP contribution >= 0.6 is 0 Å². The molecule has 3 rings (SSSR count). The molecule has 29 heavy (non-hydrogen) atoms. The van der Waals surface area contributed by atoms with Gasteiger partial charge in [-0.2, -0.15) is 10.4 Å². The SMILES string of the molecule is N#Cc1cc(C(=O)Nc2cnn(-c3cc(NC(N)=O)ccn3)c2C(=O)O)ccn1. The highest BCUT2D eigenvalue weighted by atomic mass is 16.4. The van der Waals surface area contributed by atoms with E-state index in [0.717, 1.165) is 10.9 Å². The van der Waals surface area contributed by atoms with Crippen molar-refractivity contribution in [2.24, 2.45) is 5.73 Å². The van der Waals surface area contributed by atoms with Crippen LogP contribution < -0.4 is 16.4 Å². The largest absolute Gasteiger partial charge is 0.476 e. The highest BCUT2D eigenvalue weighted by molar-refractivity contribution is 6.07. The lowest BCUT2D eigenvalue weighted by atomic mass is 10.2. The topological polar surface area (TPSA) is 189 Å². The molecule has 5 N–H and O–H groups in total. The van der Waals surface area contributed by atoms with E-state index in [1.165, 1.54) is 36.7 Å². The minimum atomic E-state index is -1.37. The van der Waals surface area contributed by atoms with Crippen molar-refractivity contribution in [3.05, 3.63) is 59.8 Å². The van der Waals surface area contributed by atoms with Gasteiger partial charge in [-0.05, 0) is 18.2 Å². The zero-order valence-corrected chi connectivity index (χ0v) is 14.5. The van der Waals surface area contributed by atoms with Gasteiger partial charge in [0.2, 0.25) is 0 Å². The fourth-order valence-corrected chi connectivity index (χ4v) is 2.40. The maximum absolute atomic E-state index is 12.4. The van der Waals surface area contributed by atoms with Crippen molar-refractivity contribution in [3.63, 3.8) is 0 Å². The van der Waals surface area contributed by atoms with Gasteiger partial charge in [-0.3, -0.25) is 4.79 Å². The third-order valence-electron chi connectivity index (χ3n) is 3.59. The average molecular weight is 392 g/mol. The number of urea groups is 1. The van der Waals surface area contributed by atoms with Gasteiger partial charge in [0.05, 0.1) is 11.9 Å². The Labute approximate surface area is 162 Å². The molecule has 3 heterocycles. The zero-order valence-electron chi connectivity index (χ0n) is 14.5. The second kappa shape index (κ2) is 7.84. The van der Waals surface area contributed by atoms with Crippen LogP contribution in [0.1, 0.15) is 26.5 Å². The fourth-order valence-electron chi connectivity index (χ4n) is 2.40. The molecule has 144 valence electrons. The van der Waals surface area contributed by atoms with Crippen molar-refractivity contribution in [1.29, 1.82) is 5.26 Å². The van der Waals surface area contributed by atoms with Gasteiger partial charge in [0.15, 0.2) is 11.5 Å². The summed E-state index contributed by atoms with van der Waals surface area (Å²) in [6.07, 6.45) is 3.76. The molecule has 0 aliphatic heterocycles. The predicted molar refractivity (Wildman–Crippen MR) is 98.4 cm³/mol. The summed E-state index contributed by atoms with van der Waals surface area (Å²) in [7, 11) is 0. The van der Waals surface area contributed by atoms with Crippen LogP contribution in [0.25, 0.3) is 5.82 Å². The molecular formula is C17H12N8O4. The van der Waals surface area contributed by atoms with Crippen molar-refractivity contribution in [3.8, 4) is 11.9 Å². The predicted octanol–water partition coefficient (Wildman–Crippen LogP) is 0.975. The van der Waals surface area contributed by atoms with E-state index in [0.29, 0.717) is 0 Å². The lowest BCUT2D eigenvalue weighted by Crippen LogP contribution is -2.20. The summed E-state index contributed by atoms with van der Waals surface area (Å²) in [6.45, 7) is 0. The van der Waals surface area contributed by atoms with Gasteiger partial charge in [0.25, 0.3) is 5.91 Å². The van der Waals surface area contributed by atoms with Gasteiger partial charge < -0.3 is 21.5 Å². The molecule has 0 unspecified atom stereocenters. The first-order valence-corrected chi connectivity index (χ1v) is 7.90. The number of nitrogens with one attached hydrogen (secondary N) is 2. The molecule has 0 atom stereocenters. The summed E-state index contributed by atoms with van der Waals surface area (Å²) in [6, 6.07) is 6.46. The number of anilines is 2. The molecule has 0 bridgehead atoms. The van der Waals surface area contributed by atoms with Crippen LogP contribution in [0.3, 0.4) is 0 Å². The summed E-state index contributed by atoms with van der Waals surface area (Å²) >= 11 is 0. The van der Waals surface area contributed by atoms with Gasteiger partial charge >= 0.3 is 12.0 Å². The van der Waals surface area contributed by atoms with Crippen LogP contribution in [-0.4, -0.2) is 42.8 Å². The Bertz CT molecular complexity index is 1160. The number of nitriles is 1.